The molecule has 0 spiro atoms. The van der Waals surface area contributed by atoms with Gasteiger partial charge in [-0.3, -0.25) is 4.79 Å². The molecule has 0 atom stereocenters. The first-order valence-electron chi connectivity index (χ1n) is 8.17. The van der Waals surface area contributed by atoms with Crippen LogP contribution < -0.4 is 9.47 Å². The van der Waals surface area contributed by atoms with E-state index >= 15 is 0 Å². The van der Waals surface area contributed by atoms with Crippen LogP contribution in [-0.4, -0.2) is 19.0 Å². The van der Waals surface area contributed by atoms with Gasteiger partial charge in [0.1, 0.15) is 0 Å². The summed E-state index contributed by atoms with van der Waals surface area (Å²) in [5.74, 6) is 2.26. The second-order valence-corrected chi connectivity index (χ2v) is 5.78. The summed E-state index contributed by atoms with van der Waals surface area (Å²) in [6.45, 7) is 5.45. The minimum Gasteiger partial charge on any atom is -0.490 e. The number of ether oxygens (including phenoxy) is 2. The van der Waals surface area contributed by atoms with Crippen LogP contribution in [0.2, 0.25) is 0 Å². The molecule has 1 fully saturated rings. The normalized spacial score (nSPS) is 14.6. The van der Waals surface area contributed by atoms with Crippen molar-refractivity contribution in [2.24, 2.45) is 5.92 Å². The number of Topliss-reactive ketones (excluding diaryl/α,β-unsaturated/α-hetero) is 1. The Morgan fingerprint density at radius 3 is 2.33 bits per heavy atom. The topological polar surface area (TPSA) is 35.5 Å². The number of carbonyl (C=O) groups is 1. The van der Waals surface area contributed by atoms with Crippen molar-refractivity contribution < 1.29 is 14.3 Å². The third kappa shape index (κ3) is 4.48. The van der Waals surface area contributed by atoms with Crippen molar-refractivity contribution in [3.05, 3.63) is 23.8 Å². The number of ketones is 1. The molecule has 21 heavy (non-hydrogen) atoms. The van der Waals surface area contributed by atoms with E-state index in [2.05, 4.69) is 13.8 Å². The summed E-state index contributed by atoms with van der Waals surface area (Å²) in [5, 5.41) is 0. The number of hydrogen-bond donors (Lipinski definition) is 0. The van der Waals surface area contributed by atoms with E-state index in [0.29, 0.717) is 31.3 Å². The molecule has 0 saturated heterocycles. The summed E-state index contributed by atoms with van der Waals surface area (Å²) in [6, 6.07) is 5.58. The minimum atomic E-state index is 0.225. The van der Waals surface area contributed by atoms with E-state index < -0.39 is 0 Å². The molecule has 0 bridgehead atoms. The Kier molecular flexibility index (Phi) is 6.09. The Balaban J connectivity index is 2.08. The van der Waals surface area contributed by atoms with E-state index in [0.717, 1.165) is 24.2 Å². The first-order valence-corrected chi connectivity index (χ1v) is 8.17. The molecule has 1 aliphatic rings. The highest BCUT2D eigenvalue weighted by Gasteiger charge is 2.22. The molecule has 0 amide bonds. The van der Waals surface area contributed by atoms with Gasteiger partial charge in [0.05, 0.1) is 13.2 Å². The Hall–Kier alpha value is -1.51. The predicted octanol–water partition coefficient (Wildman–Crippen LogP) is 4.64. The summed E-state index contributed by atoms with van der Waals surface area (Å²) < 4.78 is 11.4. The van der Waals surface area contributed by atoms with Crippen LogP contribution in [0.5, 0.6) is 11.5 Å². The lowest BCUT2D eigenvalue weighted by molar-refractivity contribution is 0.0936. The van der Waals surface area contributed by atoms with Crippen LogP contribution in [0.1, 0.15) is 62.7 Å². The van der Waals surface area contributed by atoms with Crippen molar-refractivity contribution >= 4 is 5.78 Å². The molecule has 1 saturated carbocycles. The fourth-order valence-corrected chi connectivity index (χ4v) is 2.41. The van der Waals surface area contributed by atoms with E-state index in [1.54, 1.807) is 0 Å². The highest BCUT2D eigenvalue weighted by Crippen LogP contribution is 2.33. The number of rotatable bonds is 9. The largest absolute Gasteiger partial charge is 0.490 e. The Morgan fingerprint density at radius 2 is 1.76 bits per heavy atom. The third-order valence-electron chi connectivity index (χ3n) is 3.89. The predicted molar refractivity (Wildman–Crippen MR) is 84.3 cm³/mol. The SMILES string of the molecule is CCCOc1ccc(C(=O)CC2CCC2)cc1OCCC. The van der Waals surface area contributed by atoms with Crippen molar-refractivity contribution in [1.29, 1.82) is 0 Å². The number of benzene rings is 1. The monoisotopic (exact) mass is 290 g/mol. The van der Waals surface area contributed by atoms with Gasteiger partial charge < -0.3 is 9.47 Å². The summed E-state index contributed by atoms with van der Waals surface area (Å²) >= 11 is 0. The molecular formula is C18H26O3. The maximum absolute atomic E-state index is 12.3. The van der Waals surface area contributed by atoms with Crippen LogP contribution in [0, 0.1) is 5.92 Å². The van der Waals surface area contributed by atoms with Crippen molar-refractivity contribution in [3.63, 3.8) is 0 Å². The Bertz CT molecular complexity index is 464. The molecule has 1 aromatic carbocycles. The molecule has 2 rings (SSSR count). The lowest BCUT2D eigenvalue weighted by Crippen LogP contribution is -2.16. The molecule has 0 aromatic heterocycles. The van der Waals surface area contributed by atoms with E-state index in [-0.39, 0.29) is 5.78 Å². The van der Waals surface area contributed by atoms with Gasteiger partial charge >= 0.3 is 0 Å². The van der Waals surface area contributed by atoms with Crippen LogP contribution in [0.15, 0.2) is 18.2 Å². The molecule has 116 valence electrons. The van der Waals surface area contributed by atoms with Crippen molar-refractivity contribution in [3.8, 4) is 11.5 Å². The summed E-state index contributed by atoms with van der Waals surface area (Å²) in [4.78, 5) is 12.3. The molecule has 1 aliphatic carbocycles. The van der Waals surface area contributed by atoms with Gasteiger partial charge in [-0.25, -0.2) is 0 Å². The van der Waals surface area contributed by atoms with Gasteiger partial charge in [-0.1, -0.05) is 33.1 Å². The number of carbonyl (C=O) groups excluding carboxylic acids is 1. The Morgan fingerprint density at radius 1 is 1.10 bits per heavy atom. The standard InChI is InChI=1S/C18H26O3/c1-3-10-20-17-9-8-15(13-18(17)21-11-4-2)16(19)12-14-6-5-7-14/h8-9,13-14H,3-7,10-12H2,1-2H3. The van der Waals surface area contributed by atoms with Crippen molar-refractivity contribution in [2.75, 3.05) is 13.2 Å². The lowest BCUT2D eigenvalue weighted by Gasteiger charge is -2.24. The Labute approximate surface area is 127 Å². The maximum Gasteiger partial charge on any atom is 0.163 e. The maximum atomic E-state index is 12.3. The van der Waals surface area contributed by atoms with Gasteiger partial charge in [-0.15, -0.1) is 0 Å². The van der Waals surface area contributed by atoms with Crippen molar-refractivity contribution in [1.82, 2.24) is 0 Å². The quantitative estimate of drug-likeness (QED) is 0.622. The summed E-state index contributed by atoms with van der Waals surface area (Å²) in [7, 11) is 0. The second-order valence-electron chi connectivity index (χ2n) is 5.78. The molecule has 1 aromatic rings. The van der Waals surface area contributed by atoms with Gasteiger partial charge in [-0.05, 0) is 37.0 Å². The lowest BCUT2D eigenvalue weighted by atomic mass is 9.81. The fourth-order valence-electron chi connectivity index (χ4n) is 2.41. The molecule has 3 nitrogen and oxygen atoms in total. The molecule has 0 N–H and O–H groups in total. The zero-order valence-corrected chi connectivity index (χ0v) is 13.2. The molecular weight excluding hydrogens is 264 g/mol. The molecule has 0 aliphatic heterocycles. The molecule has 3 heteroatoms. The summed E-state index contributed by atoms with van der Waals surface area (Å²) in [5.41, 5.74) is 0.747. The van der Waals surface area contributed by atoms with E-state index in [4.69, 9.17) is 9.47 Å². The fraction of sp³-hybridized carbons (Fsp3) is 0.611. The first-order chi connectivity index (χ1) is 10.2. The third-order valence-corrected chi connectivity index (χ3v) is 3.89. The highest BCUT2D eigenvalue weighted by molar-refractivity contribution is 5.96. The van der Waals surface area contributed by atoms with Gasteiger partial charge in [0, 0.05) is 12.0 Å². The van der Waals surface area contributed by atoms with Gasteiger partial charge in [0.2, 0.25) is 0 Å². The van der Waals surface area contributed by atoms with Gasteiger partial charge in [-0.2, -0.15) is 0 Å². The van der Waals surface area contributed by atoms with E-state index in [1.165, 1.54) is 19.3 Å². The van der Waals surface area contributed by atoms with Crippen LogP contribution in [0.25, 0.3) is 0 Å². The highest BCUT2D eigenvalue weighted by atomic mass is 16.5. The zero-order valence-electron chi connectivity index (χ0n) is 13.2. The van der Waals surface area contributed by atoms with Crippen LogP contribution >= 0.6 is 0 Å². The average molecular weight is 290 g/mol. The molecule has 0 unspecified atom stereocenters. The van der Waals surface area contributed by atoms with Crippen LogP contribution in [0.4, 0.5) is 0 Å². The second kappa shape index (κ2) is 8.06. The van der Waals surface area contributed by atoms with Crippen LogP contribution in [0.3, 0.4) is 0 Å². The summed E-state index contributed by atoms with van der Waals surface area (Å²) in [6.07, 6.45) is 6.23. The first kappa shape index (κ1) is 15.9. The van der Waals surface area contributed by atoms with Crippen molar-refractivity contribution in [2.45, 2.75) is 52.4 Å². The zero-order chi connectivity index (χ0) is 15.1. The van der Waals surface area contributed by atoms with Crippen LogP contribution in [-0.2, 0) is 0 Å². The van der Waals surface area contributed by atoms with E-state index in [1.807, 2.05) is 18.2 Å². The minimum absolute atomic E-state index is 0.225. The smallest absolute Gasteiger partial charge is 0.163 e. The van der Waals surface area contributed by atoms with Gasteiger partial charge in [0.25, 0.3) is 0 Å². The molecule has 0 heterocycles. The number of hydrogen-bond acceptors (Lipinski definition) is 3. The van der Waals surface area contributed by atoms with Gasteiger partial charge in [0.15, 0.2) is 17.3 Å². The average Bonchev–Trinajstić information content (AvgIpc) is 2.46. The van der Waals surface area contributed by atoms with E-state index in [9.17, 15) is 4.79 Å². The molecule has 0 radical (unpaired) electrons.